The first-order valence-corrected chi connectivity index (χ1v) is 8.08. The number of amides is 1. The van der Waals surface area contributed by atoms with Crippen LogP contribution in [0.25, 0.3) is 11.1 Å². The maximum Gasteiger partial charge on any atom is 0.307 e. The minimum absolute atomic E-state index is 0.213. The van der Waals surface area contributed by atoms with E-state index in [0.29, 0.717) is 27.8 Å². The summed E-state index contributed by atoms with van der Waals surface area (Å²) in [7, 11) is 3.22. The normalized spacial score (nSPS) is 10.3. The molecule has 1 amide bonds. The second-order valence-corrected chi connectivity index (χ2v) is 6.26. The highest BCUT2D eigenvalue weighted by Crippen LogP contribution is 2.28. The van der Waals surface area contributed by atoms with Gasteiger partial charge in [-0.2, -0.15) is 0 Å². The van der Waals surface area contributed by atoms with Gasteiger partial charge >= 0.3 is 5.97 Å². The van der Waals surface area contributed by atoms with Crippen LogP contribution in [-0.4, -0.2) is 41.8 Å². The average molecular weight is 351 g/mol. The Morgan fingerprint density at radius 1 is 1.08 bits per heavy atom. The number of carbonyl (C=O) groups is 3. The lowest BCUT2D eigenvalue weighted by atomic mass is 9.91. The molecular weight excluding hydrogens is 330 g/mol. The number of aryl methyl sites for hydroxylation is 1. The van der Waals surface area contributed by atoms with Crippen molar-refractivity contribution in [1.29, 1.82) is 0 Å². The van der Waals surface area contributed by atoms with Gasteiger partial charge < -0.3 is 10.0 Å². The molecule has 2 rings (SSSR count). The summed E-state index contributed by atoms with van der Waals surface area (Å²) >= 11 is 0. The molecule has 0 aromatic heterocycles. The van der Waals surface area contributed by atoms with E-state index in [1.54, 1.807) is 38.4 Å². The van der Waals surface area contributed by atoms with E-state index in [1.165, 1.54) is 11.0 Å². The quantitative estimate of drug-likeness (QED) is 0.640. The van der Waals surface area contributed by atoms with Crippen LogP contribution in [0.5, 0.6) is 0 Å². The highest BCUT2D eigenvalue weighted by Gasteiger charge is 2.18. The third kappa shape index (κ3) is 4.06. The Hall–Kier alpha value is -3.21. The maximum atomic E-state index is 12.5. The Balaban J connectivity index is 2.68. The van der Waals surface area contributed by atoms with Gasteiger partial charge in [0.2, 0.25) is 0 Å². The Kier molecular flexibility index (Phi) is 5.72. The molecule has 26 heavy (non-hydrogen) atoms. The molecule has 0 fully saturated rings. The monoisotopic (exact) mass is 351 g/mol. The minimum Gasteiger partial charge on any atom is -0.481 e. The molecule has 5 nitrogen and oxygen atoms in total. The van der Waals surface area contributed by atoms with E-state index in [9.17, 15) is 14.4 Å². The van der Waals surface area contributed by atoms with Crippen LogP contribution in [0.2, 0.25) is 0 Å². The summed E-state index contributed by atoms with van der Waals surface area (Å²) in [4.78, 5) is 37.2. The lowest BCUT2D eigenvalue weighted by Gasteiger charge is -2.16. The molecule has 0 aliphatic heterocycles. The van der Waals surface area contributed by atoms with E-state index in [1.807, 2.05) is 19.1 Å². The summed E-state index contributed by atoms with van der Waals surface area (Å²) in [5.74, 6) is -1.51. The van der Waals surface area contributed by atoms with E-state index in [0.717, 1.165) is 5.56 Å². The SMILES string of the molecule is C=CC(=O)c1ccc(C)cc1-c1ccc(CC(=O)O)c(C(=O)N(C)C)c1. The fraction of sp³-hybridized carbons (Fsp3) is 0.190. The van der Waals surface area contributed by atoms with E-state index in [-0.39, 0.29) is 18.1 Å². The molecule has 2 aromatic rings. The summed E-state index contributed by atoms with van der Waals surface area (Å²) in [5.41, 5.74) is 3.57. The van der Waals surface area contributed by atoms with Crippen LogP contribution < -0.4 is 0 Å². The number of carboxylic acids is 1. The van der Waals surface area contributed by atoms with Crippen molar-refractivity contribution in [3.05, 3.63) is 71.3 Å². The van der Waals surface area contributed by atoms with E-state index in [2.05, 4.69) is 6.58 Å². The molecule has 0 aliphatic rings. The van der Waals surface area contributed by atoms with Gasteiger partial charge in [-0.3, -0.25) is 14.4 Å². The summed E-state index contributed by atoms with van der Waals surface area (Å²) in [6, 6.07) is 10.4. The maximum absolute atomic E-state index is 12.5. The zero-order valence-electron chi connectivity index (χ0n) is 15.1. The molecule has 5 heteroatoms. The van der Waals surface area contributed by atoms with Gasteiger partial charge in [0.05, 0.1) is 6.42 Å². The van der Waals surface area contributed by atoms with Crippen LogP contribution >= 0.6 is 0 Å². The van der Waals surface area contributed by atoms with Crippen LogP contribution in [0.3, 0.4) is 0 Å². The van der Waals surface area contributed by atoms with Gasteiger partial charge in [0.25, 0.3) is 5.91 Å². The lowest BCUT2D eigenvalue weighted by molar-refractivity contribution is -0.136. The molecule has 1 N–H and O–H groups in total. The Bertz CT molecular complexity index is 897. The fourth-order valence-electron chi connectivity index (χ4n) is 2.72. The molecule has 0 aliphatic carbocycles. The van der Waals surface area contributed by atoms with Gasteiger partial charge in [-0.05, 0) is 35.8 Å². The number of hydrogen-bond acceptors (Lipinski definition) is 3. The largest absolute Gasteiger partial charge is 0.481 e. The predicted molar refractivity (Wildman–Crippen MR) is 100 cm³/mol. The molecule has 0 radical (unpaired) electrons. The molecule has 0 unspecified atom stereocenters. The zero-order valence-corrected chi connectivity index (χ0v) is 15.1. The van der Waals surface area contributed by atoms with Crippen LogP contribution in [0.1, 0.15) is 31.8 Å². The van der Waals surface area contributed by atoms with Gasteiger partial charge in [0.1, 0.15) is 0 Å². The molecule has 0 spiro atoms. The molecule has 0 saturated carbocycles. The van der Waals surface area contributed by atoms with E-state index in [4.69, 9.17) is 5.11 Å². The number of benzene rings is 2. The third-order valence-corrected chi connectivity index (χ3v) is 4.03. The first kappa shape index (κ1) is 19.1. The van der Waals surface area contributed by atoms with E-state index < -0.39 is 5.97 Å². The average Bonchev–Trinajstić information content (AvgIpc) is 2.60. The van der Waals surface area contributed by atoms with Crippen molar-refractivity contribution in [2.24, 2.45) is 0 Å². The standard InChI is InChI=1S/C21H21NO4/c1-5-19(23)16-9-6-13(2)10-17(16)14-7-8-15(12-20(24)25)18(11-14)21(26)22(3)4/h5-11H,1,12H2,2-4H3,(H,24,25). The van der Waals surface area contributed by atoms with Crippen molar-refractivity contribution in [3.63, 3.8) is 0 Å². The van der Waals surface area contributed by atoms with Crippen molar-refractivity contribution in [1.82, 2.24) is 4.90 Å². The number of carboxylic acid groups (broad SMARTS) is 1. The van der Waals surface area contributed by atoms with Crippen molar-refractivity contribution >= 4 is 17.7 Å². The summed E-state index contributed by atoms with van der Waals surface area (Å²) < 4.78 is 0. The number of allylic oxidation sites excluding steroid dienone is 1. The van der Waals surface area contributed by atoms with Crippen LogP contribution in [0, 0.1) is 6.92 Å². The molecular formula is C21H21NO4. The minimum atomic E-state index is -1.01. The second-order valence-electron chi connectivity index (χ2n) is 6.26. The Labute approximate surface area is 152 Å². The number of hydrogen-bond donors (Lipinski definition) is 1. The summed E-state index contributed by atoms with van der Waals surface area (Å²) in [6.07, 6.45) is 1.00. The summed E-state index contributed by atoms with van der Waals surface area (Å²) in [5, 5.41) is 9.10. The van der Waals surface area contributed by atoms with Crippen molar-refractivity contribution in [3.8, 4) is 11.1 Å². The van der Waals surface area contributed by atoms with Gasteiger partial charge in [-0.1, -0.05) is 42.5 Å². The number of ketones is 1. The first-order valence-electron chi connectivity index (χ1n) is 8.08. The number of rotatable bonds is 6. The number of carbonyl (C=O) groups excluding carboxylic acids is 2. The summed E-state index contributed by atoms with van der Waals surface area (Å²) in [6.45, 7) is 5.45. The van der Waals surface area contributed by atoms with Crippen LogP contribution in [0.15, 0.2) is 49.1 Å². The second kappa shape index (κ2) is 7.78. The van der Waals surface area contributed by atoms with E-state index >= 15 is 0 Å². The first-order chi connectivity index (χ1) is 12.2. The molecule has 134 valence electrons. The number of aliphatic carboxylic acids is 1. The molecule has 0 bridgehead atoms. The Morgan fingerprint density at radius 3 is 2.35 bits per heavy atom. The van der Waals surface area contributed by atoms with Crippen LogP contribution in [-0.2, 0) is 11.2 Å². The number of nitrogens with zero attached hydrogens (tertiary/aromatic N) is 1. The molecule has 0 heterocycles. The van der Waals surface area contributed by atoms with Crippen molar-refractivity contribution in [2.45, 2.75) is 13.3 Å². The fourth-order valence-corrected chi connectivity index (χ4v) is 2.72. The predicted octanol–water partition coefficient (Wildman–Crippen LogP) is 3.36. The van der Waals surface area contributed by atoms with Crippen molar-refractivity contribution in [2.75, 3.05) is 14.1 Å². The molecule has 2 aromatic carbocycles. The van der Waals surface area contributed by atoms with Crippen LogP contribution in [0.4, 0.5) is 0 Å². The van der Waals surface area contributed by atoms with Crippen molar-refractivity contribution < 1.29 is 19.5 Å². The Morgan fingerprint density at radius 2 is 1.77 bits per heavy atom. The smallest absolute Gasteiger partial charge is 0.307 e. The van der Waals surface area contributed by atoms with Gasteiger partial charge in [0, 0.05) is 25.2 Å². The topological polar surface area (TPSA) is 74.7 Å². The highest BCUT2D eigenvalue weighted by atomic mass is 16.4. The van der Waals surface area contributed by atoms with Gasteiger partial charge in [-0.25, -0.2) is 0 Å². The lowest BCUT2D eigenvalue weighted by Crippen LogP contribution is -2.23. The van der Waals surface area contributed by atoms with Gasteiger partial charge in [0.15, 0.2) is 5.78 Å². The molecule has 0 saturated heterocycles. The highest BCUT2D eigenvalue weighted by molar-refractivity contribution is 6.09. The molecule has 0 atom stereocenters. The zero-order chi connectivity index (χ0) is 19.4. The van der Waals surface area contributed by atoms with Gasteiger partial charge in [-0.15, -0.1) is 0 Å². The third-order valence-electron chi connectivity index (χ3n) is 4.03.